The van der Waals surface area contributed by atoms with E-state index in [0.717, 1.165) is 6.04 Å². The molecule has 0 saturated heterocycles. The number of ether oxygens (including phenoxy) is 6. The molecule has 0 amide bonds. The normalized spacial score (nSPS) is 13.5. The summed E-state index contributed by atoms with van der Waals surface area (Å²) in [6.07, 6.45) is 1.14. The highest BCUT2D eigenvalue weighted by atomic mass is 79.9. The first-order valence-electron chi connectivity index (χ1n) is 20.6. The summed E-state index contributed by atoms with van der Waals surface area (Å²) < 4.78 is 44.0. The van der Waals surface area contributed by atoms with Gasteiger partial charge in [0.15, 0.2) is 12.5 Å². The van der Waals surface area contributed by atoms with E-state index in [1.165, 1.54) is 17.7 Å². The van der Waals surface area contributed by atoms with Crippen LogP contribution in [0.1, 0.15) is 58.2 Å². The van der Waals surface area contributed by atoms with Crippen molar-refractivity contribution in [2.75, 3.05) is 33.2 Å². The van der Waals surface area contributed by atoms with Gasteiger partial charge in [0.05, 0.1) is 39.0 Å². The van der Waals surface area contributed by atoms with Crippen LogP contribution in [0, 0.1) is 13.8 Å². The van der Waals surface area contributed by atoms with Crippen molar-refractivity contribution in [1.82, 2.24) is 9.97 Å². The fourth-order valence-electron chi connectivity index (χ4n) is 5.97. The summed E-state index contributed by atoms with van der Waals surface area (Å²) in [7, 11) is -3.57. The maximum absolute atomic E-state index is 14.3. The van der Waals surface area contributed by atoms with Crippen LogP contribution in [-0.2, 0) is 25.4 Å². The smallest absolute Gasteiger partial charge is 0.348 e. The number of fused-ring (bicyclic) bond motifs is 1. The van der Waals surface area contributed by atoms with Crippen molar-refractivity contribution < 1.29 is 42.7 Å². The predicted octanol–water partition coefficient (Wildman–Crippen LogP) is 12.4. The highest BCUT2D eigenvalue weighted by molar-refractivity contribution is 9.11. The fourth-order valence-corrected chi connectivity index (χ4v) is 9.99. The Hall–Kier alpha value is -2.74. The number of hydrogen-bond donors (Lipinski definition) is 1. The first-order chi connectivity index (χ1) is 28.8. The Labute approximate surface area is 392 Å². The maximum atomic E-state index is 14.3. The average Bonchev–Trinajstić information content (AvgIpc) is 3.49. The summed E-state index contributed by atoms with van der Waals surface area (Å²) >= 11 is 19.2. The second kappa shape index (κ2) is 21.5. The molecule has 62 heavy (non-hydrogen) atoms. The molecule has 0 bridgehead atoms. The number of aromatic nitrogens is 2. The second-order valence-electron chi connectivity index (χ2n) is 18.9. The van der Waals surface area contributed by atoms with Gasteiger partial charge in [0.1, 0.15) is 34.4 Å². The molecule has 0 aliphatic carbocycles. The van der Waals surface area contributed by atoms with Crippen LogP contribution in [0.4, 0.5) is 0 Å². The number of carbonyl (C=O) groups excluding carboxylic acids is 1. The SMILES string of the molecule is C=CCOCC(CO)Oc1c(Cl)c(C)c(-c2c(Br)sc3ncnc(OC(Cc4cc(O[Si](C)(C)C(C)(C)C)ccc4OCOCC[Si](C)(C)C)C(=O)OC(C)(C)C)c23)c(C)c1Cl. The van der Waals surface area contributed by atoms with Crippen LogP contribution in [0.25, 0.3) is 21.3 Å². The third-order valence-electron chi connectivity index (χ3n) is 10.3. The maximum Gasteiger partial charge on any atom is 0.348 e. The molecule has 2 aromatic heterocycles. The summed E-state index contributed by atoms with van der Waals surface area (Å²) in [5, 5.41) is 11.0. The lowest BCUT2D eigenvalue weighted by atomic mass is 9.95. The highest BCUT2D eigenvalue weighted by Gasteiger charge is 2.39. The third kappa shape index (κ3) is 13.6. The summed E-state index contributed by atoms with van der Waals surface area (Å²) in [4.78, 5) is 24.1. The molecule has 0 fully saturated rings. The van der Waals surface area contributed by atoms with Crippen LogP contribution < -0.4 is 18.6 Å². The molecule has 2 aromatic carbocycles. The van der Waals surface area contributed by atoms with Crippen molar-refractivity contribution in [2.24, 2.45) is 0 Å². The Bertz CT molecular complexity index is 2170. The molecule has 0 spiro atoms. The number of aliphatic hydroxyl groups is 1. The largest absolute Gasteiger partial charge is 0.543 e. The zero-order chi connectivity index (χ0) is 46.4. The molecule has 2 unspecified atom stereocenters. The van der Waals surface area contributed by atoms with Crippen molar-refractivity contribution in [2.45, 2.75) is 123 Å². The standard InChI is InChI=1S/C45H63BrCl2N2O9SSi2/c1-15-18-53-24-31(23-51)56-39-37(47)27(2)34(28(3)38(39)48)35-36-41(49-25-50-42(36)60-40(35)46)57-33(43(52)58-44(4,5)6)22-29-21-30(59-62(13,14)45(7,8)9)16-17-32(29)55-26-54-19-20-61(10,11)12/h15-17,21,25,31,33,51H,1,18-20,22-24,26H2,2-14H3. The van der Waals surface area contributed by atoms with Crippen molar-refractivity contribution >= 4 is 83.0 Å². The van der Waals surface area contributed by atoms with Crippen LogP contribution in [-0.4, -0.2) is 88.5 Å². The van der Waals surface area contributed by atoms with Gasteiger partial charge in [-0.25, -0.2) is 14.8 Å². The van der Waals surface area contributed by atoms with Crippen LogP contribution in [0.3, 0.4) is 0 Å². The highest BCUT2D eigenvalue weighted by Crippen LogP contribution is 2.52. The predicted molar refractivity (Wildman–Crippen MR) is 260 cm³/mol. The third-order valence-corrected chi connectivity index (χ3v) is 19.1. The lowest BCUT2D eigenvalue weighted by Gasteiger charge is -2.36. The Kier molecular flexibility index (Phi) is 18.0. The van der Waals surface area contributed by atoms with Crippen molar-refractivity contribution in [3.8, 4) is 34.3 Å². The van der Waals surface area contributed by atoms with E-state index in [1.54, 1.807) is 6.08 Å². The second-order valence-corrected chi connectivity index (χ2v) is 32.3. The molecule has 0 radical (unpaired) electrons. The zero-order valence-corrected chi connectivity index (χ0v) is 44.3. The average molecular weight is 1020 g/mol. The lowest BCUT2D eigenvalue weighted by Crippen LogP contribution is -2.43. The first kappa shape index (κ1) is 51.9. The van der Waals surface area contributed by atoms with Gasteiger partial charge in [0.2, 0.25) is 20.3 Å². The number of aliphatic hydroxyl groups excluding tert-OH is 1. The van der Waals surface area contributed by atoms with Crippen molar-refractivity contribution in [1.29, 1.82) is 0 Å². The van der Waals surface area contributed by atoms with Gasteiger partial charge in [0, 0.05) is 32.2 Å². The summed E-state index contributed by atoms with van der Waals surface area (Å²) in [5.41, 5.74) is 2.51. The van der Waals surface area contributed by atoms with E-state index < -0.39 is 40.2 Å². The molecule has 4 aromatic rings. The molecule has 0 saturated carbocycles. The molecular weight excluding hydrogens is 952 g/mol. The van der Waals surface area contributed by atoms with Gasteiger partial charge in [-0.3, -0.25) is 0 Å². The number of rotatable bonds is 21. The number of halogens is 3. The number of thiophene rings is 1. The molecule has 4 rings (SSSR count). The van der Waals surface area contributed by atoms with Gasteiger partial charge in [0.25, 0.3) is 0 Å². The molecule has 0 aliphatic rings. The summed E-state index contributed by atoms with van der Waals surface area (Å²) in [6.45, 7) is 31.3. The molecule has 17 heteroatoms. The summed E-state index contributed by atoms with van der Waals surface area (Å²) in [5.74, 6) is 0.971. The van der Waals surface area contributed by atoms with E-state index in [-0.39, 0.29) is 53.1 Å². The number of hydrogen-bond acceptors (Lipinski definition) is 12. The lowest BCUT2D eigenvalue weighted by molar-refractivity contribution is -0.163. The van der Waals surface area contributed by atoms with Gasteiger partial charge < -0.3 is 38.0 Å². The number of benzene rings is 2. The Morgan fingerprint density at radius 1 is 0.984 bits per heavy atom. The van der Waals surface area contributed by atoms with E-state index in [9.17, 15) is 9.90 Å². The quantitative estimate of drug-likeness (QED) is 0.0282. The van der Waals surface area contributed by atoms with Gasteiger partial charge >= 0.3 is 5.97 Å². The monoisotopic (exact) mass is 1010 g/mol. The topological polar surface area (TPSA) is 128 Å². The van der Waals surface area contributed by atoms with Crippen LogP contribution >= 0.6 is 50.5 Å². The first-order valence-corrected chi connectivity index (χ1v) is 29.6. The van der Waals surface area contributed by atoms with Crippen molar-refractivity contribution in [3.63, 3.8) is 0 Å². The molecule has 0 aliphatic heterocycles. The van der Waals surface area contributed by atoms with E-state index in [0.29, 0.717) is 66.5 Å². The van der Waals surface area contributed by atoms with Crippen LogP contribution in [0.5, 0.6) is 23.1 Å². The fraction of sp³-hybridized carbons (Fsp3) is 0.533. The number of esters is 1. The van der Waals surface area contributed by atoms with Gasteiger partial charge in [-0.05, 0) is 110 Å². The minimum atomic E-state index is -2.25. The van der Waals surface area contributed by atoms with E-state index in [2.05, 4.69) is 86.0 Å². The minimum absolute atomic E-state index is 0.0358. The van der Waals surface area contributed by atoms with Gasteiger partial charge in [-0.15, -0.1) is 17.9 Å². The number of nitrogens with zero attached hydrogens (tertiary/aromatic N) is 2. The Morgan fingerprint density at radius 3 is 2.23 bits per heavy atom. The minimum Gasteiger partial charge on any atom is -0.543 e. The van der Waals surface area contributed by atoms with E-state index in [1.807, 2.05) is 52.8 Å². The molecular formula is C45H63BrCl2N2O9SSi2. The van der Waals surface area contributed by atoms with Crippen molar-refractivity contribution in [3.05, 3.63) is 67.7 Å². The molecule has 2 heterocycles. The van der Waals surface area contributed by atoms with Gasteiger partial charge in [-0.1, -0.05) is 69.7 Å². The van der Waals surface area contributed by atoms with Gasteiger partial charge in [-0.2, -0.15) is 0 Å². The van der Waals surface area contributed by atoms with E-state index in [4.69, 9.17) is 56.0 Å². The Balaban J connectivity index is 1.84. The summed E-state index contributed by atoms with van der Waals surface area (Å²) in [6, 6.07) is 6.66. The number of carbonyl (C=O) groups is 1. The van der Waals surface area contributed by atoms with Crippen LogP contribution in [0.2, 0.25) is 53.9 Å². The molecule has 11 nitrogen and oxygen atoms in total. The Morgan fingerprint density at radius 2 is 1.65 bits per heavy atom. The molecule has 2 atom stereocenters. The zero-order valence-electron chi connectivity index (χ0n) is 38.3. The van der Waals surface area contributed by atoms with Crippen LogP contribution in [0.15, 0.2) is 41.0 Å². The van der Waals surface area contributed by atoms with E-state index >= 15 is 0 Å². The molecule has 342 valence electrons. The molecule has 1 N–H and O–H groups in total.